The van der Waals surface area contributed by atoms with Crippen LogP contribution in [0.3, 0.4) is 0 Å². The summed E-state index contributed by atoms with van der Waals surface area (Å²) in [6.07, 6.45) is 0. The van der Waals surface area contributed by atoms with E-state index in [-0.39, 0.29) is 10.6 Å². The van der Waals surface area contributed by atoms with Gasteiger partial charge >= 0.3 is 0 Å². The number of ether oxygens (including phenoxy) is 1. The monoisotopic (exact) mass is 291 g/mol. The highest BCUT2D eigenvalue weighted by Crippen LogP contribution is 2.23. The van der Waals surface area contributed by atoms with E-state index in [0.29, 0.717) is 22.6 Å². The van der Waals surface area contributed by atoms with Gasteiger partial charge in [-0.1, -0.05) is 18.2 Å². The molecule has 0 aliphatic carbocycles. The summed E-state index contributed by atoms with van der Waals surface area (Å²) < 4.78 is 29.9. The molecular formula is C15H17NO3S. The molecule has 0 heterocycles. The van der Waals surface area contributed by atoms with Crippen LogP contribution in [0.15, 0.2) is 47.4 Å². The number of nitrogen functional groups attached to an aromatic ring is 1. The van der Waals surface area contributed by atoms with E-state index in [9.17, 15) is 8.42 Å². The molecule has 0 bridgehead atoms. The first-order chi connectivity index (χ1) is 9.42. The average Bonchev–Trinajstić information content (AvgIpc) is 2.42. The van der Waals surface area contributed by atoms with Crippen molar-refractivity contribution in [2.24, 2.45) is 0 Å². The molecule has 2 N–H and O–H groups in total. The smallest absolute Gasteiger partial charge is 0.182 e. The summed E-state index contributed by atoms with van der Waals surface area (Å²) in [5.74, 6) is 0.646. The van der Waals surface area contributed by atoms with E-state index in [1.807, 2.05) is 0 Å². The molecule has 0 aliphatic heterocycles. The minimum atomic E-state index is -3.41. The van der Waals surface area contributed by atoms with Crippen molar-refractivity contribution in [3.05, 3.63) is 53.6 Å². The zero-order valence-corrected chi connectivity index (χ0v) is 12.3. The molecule has 20 heavy (non-hydrogen) atoms. The van der Waals surface area contributed by atoms with Gasteiger partial charge in [-0.2, -0.15) is 0 Å². The fraction of sp³-hybridized carbons (Fsp3) is 0.200. The number of rotatable bonds is 4. The van der Waals surface area contributed by atoms with Gasteiger partial charge in [-0.3, -0.25) is 0 Å². The van der Waals surface area contributed by atoms with Crippen molar-refractivity contribution in [3.63, 3.8) is 0 Å². The van der Waals surface area contributed by atoms with E-state index in [0.717, 1.165) is 0 Å². The van der Waals surface area contributed by atoms with Crippen molar-refractivity contribution in [2.45, 2.75) is 17.6 Å². The van der Waals surface area contributed by atoms with Gasteiger partial charge in [0.1, 0.15) is 5.75 Å². The Kier molecular flexibility index (Phi) is 3.99. The number of hydrogen-bond donors (Lipinski definition) is 1. The molecule has 5 heteroatoms. The minimum Gasteiger partial charge on any atom is -0.497 e. The van der Waals surface area contributed by atoms with Crippen LogP contribution >= 0.6 is 0 Å². The molecule has 0 aromatic heterocycles. The molecule has 0 fully saturated rings. The van der Waals surface area contributed by atoms with Gasteiger partial charge in [0.25, 0.3) is 0 Å². The Morgan fingerprint density at radius 1 is 1.10 bits per heavy atom. The number of sulfone groups is 1. The zero-order chi connectivity index (χ0) is 14.8. The van der Waals surface area contributed by atoms with Gasteiger partial charge in [-0.15, -0.1) is 0 Å². The van der Waals surface area contributed by atoms with Gasteiger partial charge in [0.15, 0.2) is 9.84 Å². The Labute approximate surface area is 119 Å². The maximum absolute atomic E-state index is 12.4. The lowest BCUT2D eigenvalue weighted by Crippen LogP contribution is -2.07. The largest absolute Gasteiger partial charge is 0.497 e. The number of aryl methyl sites for hydroxylation is 1. The van der Waals surface area contributed by atoms with Crippen LogP contribution in [0, 0.1) is 6.92 Å². The number of anilines is 1. The SMILES string of the molecule is COc1ccc(CS(=O)(=O)c2cc(N)ccc2C)cc1. The summed E-state index contributed by atoms with van der Waals surface area (Å²) in [5, 5.41) is 0. The molecule has 0 spiro atoms. The van der Waals surface area contributed by atoms with Crippen LogP contribution in [-0.2, 0) is 15.6 Å². The average molecular weight is 291 g/mol. The predicted octanol–water partition coefficient (Wildman–Crippen LogP) is 2.56. The molecule has 4 nitrogen and oxygen atoms in total. The molecule has 0 radical (unpaired) electrons. The van der Waals surface area contributed by atoms with E-state index in [1.165, 1.54) is 6.07 Å². The Bertz CT molecular complexity index is 706. The fourth-order valence-electron chi connectivity index (χ4n) is 1.97. The summed E-state index contributed by atoms with van der Waals surface area (Å²) in [7, 11) is -1.84. The van der Waals surface area contributed by atoms with Gasteiger partial charge in [0.05, 0.1) is 17.8 Å². The van der Waals surface area contributed by atoms with Crippen molar-refractivity contribution in [1.29, 1.82) is 0 Å². The maximum Gasteiger partial charge on any atom is 0.182 e. The number of benzene rings is 2. The third-order valence-corrected chi connectivity index (χ3v) is 4.89. The first-order valence-corrected chi connectivity index (χ1v) is 7.79. The van der Waals surface area contributed by atoms with E-state index in [2.05, 4.69) is 0 Å². The quantitative estimate of drug-likeness (QED) is 0.879. The van der Waals surface area contributed by atoms with Crippen LogP contribution in [-0.4, -0.2) is 15.5 Å². The first-order valence-electron chi connectivity index (χ1n) is 6.14. The summed E-state index contributed by atoms with van der Waals surface area (Å²) in [6, 6.07) is 11.9. The Balaban J connectivity index is 2.32. The van der Waals surface area contributed by atoms with Gasteiger partial charge < -0.3 is 10.5 Å². The second-order valence-corrected chi connectivity index (χ2v) is 6.59. The van der Waals surface area contributed by atoms with Gasteiger partial charge in [-0.05, 0) is 42.3 Å². The van der Waals surface area contributed by atoms with Crippen LogP contribution in [0.25, 0.3) is 0 Å². The van der Waals surface area contributed by atoms with Crippen molar-refractivity contribution >= 4 is 15.5 Å². The standard InChI is InChI=1S/C15H17NO3S/c1-11-3-6-13(16)9-15(11)20(17,18)10-12-4-7-14(19-2)8-5-12/h3-9H,10,16H2,1-2H3. The topological polar surface area (TPSA) is 69.4 Å². The van der Waals surface area contributed by atoms with Gasteiger partial charge in [0, 0.05) is 5.69 Å². The molecule has 0 aliphatic rings. The Morgan fingerprint density at radius 3 is 2.35 bits per heavy atom. The summed E-state index contributed by atoms with van der Waals surface area (Å²) in [4.78, 5) is 0.285. The predicted molar refractivity (Wildman–Crippen MR) is 79.5 cm³/mol. The molecule has 0 atom stereocenters. The van der Waals surface area contributed by atoms with E-state index in [4.69, 9.17) is 10.5 Å². The molecule has 0 unspecified atom stereocenters. The highest BCUT2D eigenvalue weighted by atomic mass is 32.2. The highest BCUT2D eigenvalue weighted by Gasteiger charge is 2.18. The maximum atomic E-state index is 12.4. The second kappa shape index (κ2) is 5.54. The third kappa shape index (κ3) is 3.11. The van der Waals surface area contributed by atoms with Crippen LogP contribution in [0.2, 0.25) is 0 Å². The Morgan fingerprint density at radius 2 is 1.75 bits per heavy atom. The molecule has 2 aromatic carbocycles. The lowest BCUT2D eigenvalue weighted by molar-refractivity contribution is 0.414. The normalized spacial score (nSPS) is 11.3. The number of methoxy groups -OCH3 is 1. The van der Waals surface area contributed by atoms with Crippen molar-refractivity contribution in [3.8, 4) is 5.75 Å². The van der Waals surface area contributed by atoms with Crippen LogP contribution in [0.4, 0.5) is 5.69 Å². The highest BCUT2D eigenvalue weighted by molar-refractivity contribution is 7.90. The molecule has 2 aromatic rings. The summed E-state index contributed by atoms with van der Waals surface area (Å²) in [5.41, 5.74) is 7.54. The van der Waals surface area contributed by atoms with E-state index < -0.39 is 9.84 Å². The lowest BCUT2D eigenvalue weighted by Gasteiger charge is -2.09. The Hall–Kier alpha value is -2.01. The molecule has 0 saturated carbocycles. The van der Waals surface area contributed by atoms with Crippen molar-refractivity contribution < 1.29 is 13.2 Å². The molecule has 0 saturated heterocycles. The molecule has 2 rings (SSSR count). The number of hydrogen-bond acceptors (Lipinski definition) is 4. The van der Waals surface area contributed by atoms with Crippen LogP contribution < -0.4 is 10.5 Å². The van der Waals surface area contributed by atoms with Crippen molar-refractivity contribution in [2.75, 3.05) is 12.8 Å². The summed E-state index contributed by atoms with van der Waals surface area (Å²) in [6.45, 7) is 1.76. The van der Waals surface area contributed by atoms with E-state index >= 15 is 0 Å². The first kappa shape index (κ1) is 14.4. The van der Waals surface area contributed by atoms with Gasteiger partial charge in [-0.25, -0.2) is 8.42 Å². The van der Waals surface area contributed by atoms with Crippen molar-refractivity contribution in [1.82, 2.24) is 0 Å². The van der Waals surface area contributed by atoms with Gasteiger partial charge in [0.2, 0.25) is 0 Å². The van der Waals surface area contributed by atoms with Crippen LogP contribution in [0.1, 0.15) is 11.1 Å². The molecular weight excluding hydrogens is 274 g/mol. The zero-order valence-electron chi connectivity index (χ0n) is 11.5. The molecule has 0 amide bonds. The summed E-state index contributed by atoms with van der Waals surface area (Å²) >= 11 is 0. The number of nitrogens with two attached hydrogens (primary N) is 1. The lowest BCUT2D eigenvalue weighted by atomic mass is 10.2. The fourth-order valence-corrected chi connectivity index (χ4v) is 3.63. The minimum absolute atomic E-state index is 0.0543. The van der Waals surface area contributed by atoms with Crippen LogP contribution in [0.5, 0.6) is 5.75 Å². The molecule has 106 valence electrons. The van der Waals surface area contributed by atoms with E-state index in [1.54, 1.807) is 50.4 Å². The second-order valence-electron chi connectivity index (χ2n) is 4.63. The third-order valence-electron chi connectivity index (χ3n) is 3.06.